The Bertz CT molecular complexity index is 347. The van der Waals surface area contributed by atoms with Gasteiger partial charge < -0.3 is 5.32 Å². The molecule has 2 heteroatoms. The Labute approximate surface area is 104 Å². The second-order valence-electron chi connectivity index (χ2n) is 4.37. The maximum Gasteiger partial charge on any atom is 0.251 e. The summed E-state index contributed by atoms with van der Waals surface area (Å²) >= 11 is 0. The van der Waals surface area contributed by atoms with Gasteiger partial charge in [0.25, 0.3) is 5.91 Å². The van der Waals surface area contributed by atoms with Crippen molar-refractivity contribution in [2.45, 2.75) is 46.0 Å². The monoisotopic (exact) mass is 233 g/mol. The van der Waals surface area contributed by atoms with Crippen LogP contribution in [-0.2, 0) is 6.42 Å². The Kier molecular flexibility index (Phi) is 6.38. The van der Waals surface area contributed by atoms with Gasteiger partial charge >= 0.3 is 0 Å². The van der Waals surface area contributed by atoms with Crippen molar-refractivity contribution in [3.05, 3.63) is 35.4 Å². The number of hydrogen-bond donors (Lipinski definition) is 1. The second-order valence-corrected chi connectivity index (χ2v) is 4.37. The largest absolute Gasteiger partial charge is 0.352 e. The Hall–Kier alpha value is -1.31. The molecule has 0 aromatic heterocycles. The predicted octanol–water partition coefficient (Wildman–Crippen LogP) is 3.56. The number of carbonyl (C=O) groups is 1. The Balaban J connectivity index is 2.50. The van der Waals surface area contributed by atoms with E-state index in [1.54, 1.807) is 0 Å². The van der Waals surface area contributed by atoms with Gasteiger partial charge in [0.2, 0.25) is 0 Å². The lowest BCUT2D eigenvalue weighted by molar-refractivity contribution is 0.0955. The summed E-state index contributed by atoms with van der Waals surface area (Å²) in [6, 6.07) is 7.96. The van der Waals surface area contributed by atoms with Gasteiger partial charge in [-0.15, -0.1) is 0 Å². The first-order chi connectivity index (χ1) is 8.27. The molecule has 17 heavy (non-hydrogen) atoms. The van der Waals surface area contributed by atoms with Crippen molar-refractivity contribution in [3.63, 3.8) is 0 Å². The Morgan fingerprint density at radius 2 is 2.00 bits per heavy atom. The van der Waals surface area contributed by atoms with Crippen LogP contribution < -0.4 is 5.32 Å². The fourth-order valence-corrected chi connectivity index (χ4v) is 1.89. The molecule has 0 aliphatic heterocycles. The highest BCUT2D eigenvalue weighted by Gasteiger charge is 2.04. The van der Waals surface area contributed by atoms with Crippen LogP contribution in [0.1, 0.15) is 55.5 Å². The zero-order valence-corrected chi connectivity index (χ0v) is 11.0. The average Bonchev–Trinajstić information content (AvgIpc) is 2.35. The molecule has 1 aromatic rings. The summed E-state index contributed by atoms with van der Waals surface area (Å²) < 4.78 is 0. The number of nitrogens with one attached hydrogen (secondary N) is 1. The third-order valence-electron chi connectivity index (χ3n) is 2.85. The van der Waals surface area contributed by atoms with E-state index in [1.807, 2.05) is 25.1 Å². The van der Waals surface area contributed by atoms with Gasteiger partial charge in [0, 0.05) is 12.1 Å². The lowest BCUT2D eigenvalue weighted by atomic mass is 10.0. The predicted molar refractivity (Wildman–Crippen MR) is 72.3 cm³/mol. The van der Waals surface area contributed by atoms with Crippen LogP contribution in [0.2, 0.25) is 0 Å². The van der Waals surface area contributed by atoms with Gasteiger partial charge in [-0.05, 0) is 37.5 Å². The maximum atomic E-state index is 11.7. The van der Waals surface area contributed by atoms with Crippen LogP contribution in [0.5, 0.6) is 0 Å². The summed E-state index contributed by atoms with van der Waals surface area (Å²) in [6.45, 7) is 4.84. The molecule has 1 N–H and O–H groups in total. The summed E-state index contributed by atoms with van der Waals surface area (Å²) in [5.41, 5.74) is 2.05. The van der Waals surface area contributed by atoms with E-state index in [0.29, 0.717) is 6.54 Å². The topological polar surface area (TPSA) is 29.1 Å². The zero-order chi connectivity index (χ0) is 12.5. The number of hydrogen-bond acceptors (Lipinski definition) is 1. The standard InChI is InChI=1S/C15H23NO/c1-3-5-6-7-9-13-10-8-11-14(12-13)15(17)16-4-2/h8,10-12H,3-7,9H2,1-2H3,(H,16,17). The summed E-state index contributed by atoms with van der Waals surface area (Å²) in [6.07, 6.45) is 6.14. The first kappa shape index (κ1) is 13.8. The highest BCUT2D eigenvalue weighted by molar-refractivity contribution is 5.94. The van der Waals surface area contributed by atoms with Crippen LogP contribution in [-0.4, -0.2) is 12.5 Å². The van der Waals surface area contributed by atoms with Crippen molar-refractivity contribution < 1.29 is 4.79 Å². The van der Waals surface area contributed by atoms with Crippen LogP contribution in [0.15, 0.2) is 24.3 Å². The molecule has 0 bridgehead atoms. The molecule has 0 aliphatic rings. The number of amides is 1. The molecule has 94 valence electrons. The first-order valence-corrected chi connectivity index (χ1v) is 6.65. The number of unbranched alkanes of at least 4 members (excludes halogenated alkanes) is 3. The lowest BCUT2D eigenvalue weighted by Crippen LogP contribution is -2.22. The fraction of sp³-hybridized carbons (Fsp3) is 0.533. The van der Waals surface area contributed by atoms with Gasteiger partial charge in [0.15, 0.2) is 0 Å². The third-order valence-corrected chi connectivity index (χ3v) is 2.85. The van der Waals surface area contributed by atoms with Gasteiger partial charge in [-0.2, -0.15) is 0 Å². The van der Waals surface area contributed by atoms with Crippen molar-refractivity contribution in [1.82, 2.24) is 5.32 Å². The number of benzene rings is 1. The SMILES string of the molecule is CCCCCCc1cccc(C(=O)NCC)c1. The minimum absolute atomic E-state index is 0.0305. The van der Waals surface area contributed by atoms with Crippen LogP contribution in [0, 0.1) is 0 Å². The molecule has 0 heterocycles. The highest BCUT2D eigenvalue weighted by Crippen LogP contribution is 2.10. The van der Waals surface area contributed by atoms with Crippen LogP contribution >= 0.6 is 0 Å². The highest BCUT2D eigenvalue weighted by atomic mass is 16.1. The molecule has 0 aliphatic carbocycles. The van der Waals surface area contributed by atoms with Crippen LogP contribution in [0.4, 0.5) is 0 Å². The van der Waals surface area contributed by atoms with E-state index in [9.17, 15) is 4.79 Å². The van der Waals surface area contributed by atoms with Crippen LogP contribution in [0.25, 0.3) is 0 Å². The molecule has 0 unspecified atom stereocenters. The second kappa shape index (κ2) is 7.88. The smallest absolute Gasteiger partial charge is 0.251 e. The van der Waals surface area contributed by atoms with Gasteiger partial charge in [-0.3, -0.25) is 4.79 Å². The first-order valence-electron chi connectivity index (χ1n) is 6.65. The van der Waals surface area contributed by atoms with Crippen molar-refractivity contribution in [3.8, 4) is 0 Å². The molecule has 0 radical (unpaired) electrons. The van der Waals surface area contributed by atoms with E-state index in [1.165, 1.54) is 31.2 Å². The normalized spacial score (nSPS) is 10.2. The van der Waals surface area contributed by atoms with Crippen molar-refractivity contribution in [2.75, 3.05) is 6.54 Å². The van der Waals surface area contributed by atoms with E-state index >= 15 is 0 Å². The maximum absolute atomic E-state index is 11.7. The molecule has 2 nitrogen and oxygen atoms in total. The number of aryl methyl sites for hydroxylation is 1. The average molecular weight is 233 g/mol. The third kappa shape index (κ3) is 5.03. The van der Waals surface area contributed by atoms with Crippen molar-refractivity contribution in [2.24, 2.45) is 0 Å². The molecule has 0 fully saturated rings. The fourth-order valence-electron chi connectivity index (χ4n) is 1.89. The molecule has 0 saturated carbocycles. The van der Waals surface area contributed by atoms with Crippen molar-refractivity contribution >= 4 is 5.91 Å². The van der Waals surface area contributed by atoms with Gasteiger partial charge in [-0.25, -0.2) is 0 Å². The van der Waals surface area contributed by atoms with E-state index in [-0.39, 0.29) is 5.91 Å². The molecular formula is C15H23NO. The number of carbonyl (C=O) groups excluding carboxylic acids is 1. The molecular weight excluding hydrogens is 210 g/mol. The lowest BCUT2D eigenvalue weighted by Gasteiger charge is -2.05. The summed E-state index contributed by atoms with van der Waals surface area (Å²) in [4.78, 5) is 11.7. The molecule has 0 saturated heterocycles. The number of rotatable bonds is 7. The van der Waals surface area contributed by atoms with E-state index in [0.717, 1.165) is 12.0 Å². The zero-order valence-electron chi connectivity index (χ0n) is 11.0. The molecule has 0 atom stereocenters. The quantitative estimate of drug-likeness (QED) is 0.717. The minimum Gasteiger partial charge on any atom is -0.352 e. The van der Waals surface area contributed by atoms with E-state index in [4.69, 9.17) is 0 Å². The van der Waals surface area contributed by atoms with E-state index in [2.05, 4.69) is 18.3 Å². The minimum atomic E-state index is 0.0305. The molecule has 0 spiro atoms. The molecule has 1 rings (SSSR count). The molecule has 1 aromatic carbocycles. The summed E-state index contributed by atoms with van der Waals surface area (Å²) in [5, 5.41) is 2.83. The van der Waals surface area contributed by atoms with Gasteiger partial charge in [-0.1, -0.05) is 38.3 Å². The Morgan fingerprint density at radius 1 is 1.18 bits per heavy atom. The summed E-state index contributed by atoms with van der Waals surface area (Å²) in [5.74, 6) is 0.0305. The summed E-state index contributed by atoms with van der Waals surface area (Å²) in [7, 11) is 0. The van der Waals surface area contributed by atoms with E-state index < -0.39 is 0 Å². The van der Waals surface area contributed by atoms with Gasteiger partial charge in [0.05, 0.1) is 0 Å². The Morgan fingerprint density at radius 3 is 2.71 bits per heavy atom. The van der Waals surface area contributed by atoms with Crippen LogP contribution in [0.3, 0.4) is 0 Å². The van der Waals surface area contributed by atoms with Crippen molar-refractivity contribution in [1.29, 1.82) is 0 Å². The molecule has 1 amide bonds. The van der Waals surface area contributed by atoms with Gasteiger partial charge in [0.1, 0.15) is 0 Å².